The molecule has 0 aromatic heterocycles. The van der Waals surface area contributed by atoms with Crippen molar-refractivity contribution in [3.63, 3.8) is 0 Å². The summed E-state index contributed by atoms with van der Waals surface area (Å²) in [5.41, 5.74) is 2.82. The summed E-state index contributed by atoms with van der Waals surface area (Å²) in [6.07, 6.45) is -0.305. The van der Waals surface area contributed by atoms with Crippen molar-refractivity contribution in [2.24, 2.45) is 0 Å². The second-order valence-electron chi connectivity index (χ2n) is 6.31. The number of nitrogens with zero attached hydrogens (tertiary/aromatic N) is 1. The largest absolute Gasteiger partial charge is 0.444 e. The molecular formula is C23H24N2O2. The van der Waals surface area contributed by atoms with Gasteiger partial charge in [0.05, 0.1) is 17.4 Å². The first-order valence-electron chi connectivity index (χ1n) is 9.08. The van der Waals surface area contributed by atoms with Gasteiger partial charge in [0.2, 0.25) is 0 Å². The van der Waals surface area contributed by atoms with Gasteiger partial charge in [-0.3, -0.25) is 4.90 Å². The van der Waals surface area contributed by atoms with Crippen LogP contribution in [-0.4, -0.2) is 18.7 Å². The first kappa shape index (κ1) is 18.5. The van der Waals surface area contributed by atoms with Crippen LogP contribution >= 0.6 is 0 Å². The van der Waals surface area contributed by atoms with E-state index >= 15 is 0 Å². The predicted octanol–water partition coefficient (Wildman–Crippen LogP) is 5.33. The van der Waals surface area contributed by atoms with Gasteiger partial charge in [0, 0.05) is 6.54 Å². The van der Waals surface area contributed by atoms with E-state index in [1.165, 1.54) is 0 Å². The summed E-state index contributed by atoms with van der Waals surface area (Å²) in [6.45, 7) is 3.02. The smallest absolute Gasteiger partial charge is 0.415 e. The Labute approximate surface area is 160 Å². The van der Waals surface area contributed by atoms with Crippen LogP contribution in [0.25, 0.3) is 0 Å². The number of ether oxygens (including phenoxy) is 1. The minimum atomic E-state index is -0.305. The standard InChI is InChI=1S/C17H18N2O2.C6H6/c1-13-11-18-15-9-5-6-10-16(15)19(13)17(20)21-12-14-7-3-2-4-8-14;1-2-4-6-5-3-1/h2-10,13,18H,11-12H2,1H3;1-6H. The van der Waals surface area contributed by atoms with Gasteiger partial charge < -0.3 is 10.1 Å². The fourth-order valence-corrected chi connectivity index (χ4v) is 2.87. The Morgan fingerprint density at radius 3 is 2.15 bits per heavy atom. The number of fused-ring (bicyclic) bond motifs is 1. The van der Waals surface area contributed by atoms with E-state index in [-0.39, 0.29) is 12.1 Å². The zero-order valence-electron chi connectivity index (χ0n) is 15.4. The van der Waals surface area contributed by atoms with Crippen molar-refractivity contribution in [1.82, 2.24) is 0 Å². The zero-order chi connectivity index (χ0) is 18.9. The fraction of sp³-hybridized carbons (Fsp3) is 0.174. The van der Waals surface area contributed by atoms with Crippen LogP contribution in [0.4, 0.5) is 16.2 Å². The molecule has 4 nitrogen and oxygen atoms in total. The van der Waals surface area contributed by atoms with Crippen LogP contribution in [0.5, 0.6) is 0 Å². The van der Waals surface area contributed by atoms with Gasteiger partial charge in [-0.05, 0) is 24.6 Å². The van der Waals surface area contributed by atoms with Crippen LogP contribution in [0.1, 0.15) is 12.5 Å². The Kier molecular flexibility index (Phi) is 6.47. The minimum absolute atomic E-state index is 0.0585. The summed E-state index contributed by atoms with van der Waals surface area (Å²) in [5.74, 6) is 0. The summed E-state index contributed by atoms with van der Waals surface area (Å²) < 4.78 is 5.45. The minimum Gasteiger partial charge on any atom is -0.444 e. The highest BCUT2D eigenvalue weighted by Gasteiger charge is 2.28. The average Bonchev–Trinajstić information content (AvgIpc) is 2.74. The second kappa shape index (κ2) is 9.43. The zero-order valence-corrected chi connectivity index (χ0v) is 15.4. The third-order valence-electron chi connectivity index (χ3n) is 4.26. The van der Waals surface area contributed by atoms with Crippen molar-refractivity contribution in [3.05, 3.63) is 96.6 Å². The number of hydrogen-bond acceptors (Lipinski definition) is 3. The Morgan fingerprint density at radius 2 is 1.48 bits per heavy atom. The topological polar surface area (TPSA) is 41.6 Å². The van der Waals surface area contributed by atoms with Crippen LogP contribution in [0.15, 0.2) is 91.0 Å². The quantitative estimate of drug-likeness (QED) is 0.671. The Morgan fingerprint density at radius 1 is 0.926 bits per heavy atom. The predicted molar refractivity (Wildman–Crippen MR) is 110 cm³/mol. The maximum absolute atomic E-state index is 12.4. The van der Waals surface area contributed by atoms with Crippen LogP contribution in [0.3, 0.4) is 0 Å². The Hall–Kier alpha value is -3.27. The maximum atomic E-state index is 12.4. The van der Waals surface area contributed by atoms with E-state index in [0.717, 1.165) is 23.5 Å². The van der Waals surface area contributed by atoms with Gasteiger partial charge in [0.1, 0.15) is 6.61 Å². The lowest BCUT2D eigenvalue weighted by Crippen LogP contribution is -2.46. The summed E-state index contributed by atoms with van der Waals surface area (Å²) in [7, 11) is 0. The number of hydrogen-bond donors (Lipinski definition) is 1. The number of nitrogens with one attached hydrogen (secondary N) is 1. The molecule has 138 valence electrons. The number of carbonyl (C=O) groups is 1. The van der Waals surface area contributed by atoms with Crippen LogP contribution in [0, 0.1) is 0 Å². The summed E-state index contributed by atoms with van der Waals surface area (Å²) >= 11 is 0. The van der Waals surface area contributed by atoms with Gasteiger partial charge in [0.15, 0.2) is 0 Å². The highest BCUT2D eigenvalue weighted by Crippen LogP contribution is 2.31. The average molecular weight is 360 g/mol. The van der Waals surface area contributed by atoms with Crippen molar-refractivity contribution in [2.75, 3.05) is 16.8 Å². The molecule has 0 spiro atoms. The molecule has 0 bridgehead atoms. The molecule has 1 heterocycles. The number of rotatable bonds is 2. The Bertz CT molecular complexity index is 811. The van der Waals surface area contributed by atoms with E-state index in [9.17, 15) is 4.79 Å². The summed E-state index contributed by atoms with van der Waals surface area (Å²) in [4.78, 5) is 14.1. The van der Waals surface area contributed by atoms with Gasteiger partial charge in [-0.1, -0.05) is 78.9 Å². The van der Waals surface area contributed by atoms with Crippen molar-refractivity contribution in [1.29, 1.82) is 0 Å². The molecule has 0 saturated heterocycles. The molecule has 27 heavy (non-hydrogen) atoms. The number of amides is 1. The number of anilines is 2. The monoisotopic (exact) mass is 360 g/mol. The van der Waals surface area contributed by atoms with E-state index in [0.29, 0.717) is 6.61 Å². The summed E-state index contributed by atoms with van der Waals surface area (Å²) in [5, 5.41) is 3.32. The van der Waals surface area contributed by atoms with E-state index in [1.807, 2.05) is 97.9 Å². The van der Waals surface area contributed by atoms with Gasteiger partial charge in [-0.25, -0.2) is 4.79 Å². The van der Waals surface area contributed by atoms with Crippen molar-refractivity contribution < 1.29 is 9.53 Å². The molecule has 0 radical (unpaired) electrons. The molecule has 4 heteroatoms. The van der Waals surface area contributed by atoms with Crippen molar-refractivity contribution in [2.45, 2.75) is 19.6 Å². The molecule has 3 aromatic carbocycles. The lowest BCUT2D eigenvalue weighted by molar-refractivity contribution is 0.145. The number of para-hydroxylation sites is 2. The lowest BCUT2D eigenvalue weighted by Gasteiger charge is -2.35. The highest BCUT2D eigenvalue weighted by atomic mass is 16.6. The number of carbonyl (C=O) groups excluding carboxylic acids is 1. The molecule has 1 amide bonds. The molecular weight excluding hydrogens is 336 g/mol. The van der Waals surface area contributed by atoms with E-state index in [4.69, 9.17) is 4.74 Å². The van der Waals surface area contributed by atoms with Crippen LogP contribution in [0.2, 0.25) is 0 Å². The molecule has 4 rings (SSSR count). The van der Waals surface area contributed by atoms with E-state index < -0.39 is 0 Å². The molecule has 3 aromatic rings. The van der Waals surface area contributed by atoms with E-state index in [2.05, 4.69) is 5.32 Å². The van der Waals surface area contributed by atoms with Gasteiger partial charge in [-0.15, -0.1) is 0 Å². The van der Waals surface area contributed by atoms with E-state index in [1.54, 1.807) is 4.90 Å². The third kappa shape index (κ3) is 5.11. The van der Waals surface area contributed by atoms with Gasteiger partial charge in [0.25, 0.3) is 0 Å². The molecule has 1 aliphatic rings. The number of benzene rings is 3. The molecule has 0 saturated carbocycles. The molecule has 1 unspecified atom stereocenters. The second-order valence-corrected chi connectivity index (χ2v) is 6.31. The molecule has 0 fully saturated rings. The SMILES string of the molecule is CC1CNc2ccccc2N1C(=O)OCc1ccccc1.c1ccccc1. The van der Waals surface area contributed by atoms with Gasteiger partial charge in [-0.2, -0.15) is 0 Å². The maximum Gasteiger partial charge on any atom is 0.415 e. The third-order valence-corrected chi connectivity index (χ3v) is 4.26. The Balaban J connectivity index is 0.000000299. The molecule has 0 aliphatic carbocycles. The highest BCUT2D eigenvalue weighted by molar-refractivity contribution is 5.94. The normalized spacial score (nSPS) is 14.9. The molecule has 1 N–H and O–H groups in total. The lowest BCUT2D eigenvalue weighted by atomic mass is 10.1. The molecule has 1 aliphatic heterocycles. The van der Waals surface area contributed by atoms with Gasteiger partial charge >= 0.3 is 6.09 Å². The first-order valence-corrected chi connectivity index (χ1v) is 9.08. The van der Waals surface area contributed by atoms with Crippen molar-refractivity contribution in [3.8, 4) is 0 Å². The van der Waals surface area contributed by atoms with Crippen LogP contribution in [-0.2, 0) is 11.3 Å². The van der Waals surface area contributed by atoms with Crippen molar-refractivity contribution >= 4 is 17.5 Å². The fourth-order valence-electron chi connectivity index (χ4n) is 2.87. The summed E-state index contributed by atoms with van der Waals surface area (Å²) in [6, 6.07) is 29.6. The van der Waals surface area contributed by atoms with Crippen LogP contribution < -0.4 is 10.2 Å². The molecule has 1 atom stereocenters. The first-order chi connectivity index (χ1) is 13.3.